The van der Waals surface area contributed by atoms with E-state index in [0.717, 1.165) is 11.8 Å². The summed E-state index contributed by atoms with van der Waals surface area (Å²) in [5.74, 6) is 0.0669. The minimum Gasteiger partial charge on any atom is -0.335 e. The van der Waals surface area contributed by atoms with Gasteiger partial charge < -0.3 is 9.80 Å². The average molecular weight is 249 g/mol. The summed E-state index contributed by atoms with van der Waals surface area (Å²) in [5, 5.41) is 0.862. The van der Waals surface area contributed by atoms with Crippen LogP contribution >= 0.6 is 15.9 Å². The second-order valence-corrected chi connectivity index (χ2v) is 3.90. The maximum atomic E-state index is 11.4. The van der Waals surface area contributed by atoms with E-state index in [0.29, 0.717) is 6.54 Å². The Balaban J connectivity index is 2.46. The van der Waals surface area contributed by atoms with Crippen LogP contribution in [0.5, 0.6) is 0 Å². The topological polar surface area (TPSA) is 40.6 Å². The Hall–Kier alpha value is -0.580. The number of rotatable bonds is 3. The smallest absolute Gasteiger partial charge is 0.242 e. The second-order valence-electron chi connectivity index (χ2n) is 3.11. The fourth-order valence-electron chi connectivity index (χ4n) is 1.22. The van der Waals surface area contributed by atoms with Gasteiger partial charge in [0.05, 0.1) is 13.1 Å². The summed E-state index contributed by atoms with van der Waals surface area (Å²) in [6.07, 6.45) is 0.892. The number of hydrogen-bond acceptors (Lipinski definition) is 2. The Bertz CT molecular complexity index is 220. The number of carbonyl (C=O) groups is 2. The Morgan fingerprint density at radius 2 is 2.00 bits per heavy atom. The van der Waals surface area contributed by atoms with Gasteiger partial charge in [-0.2, -0.15) is 0 Å². The van der Waals surface area contributed by atoms with Crippen LogP contribution < -0.4 is 0 Å². The zero-order valence-electron chi connectivity index (χ0n) is 7.62. The summed E-state index contributed by atoms with van der Waals surface area (Å²) in [5.41, 5.74) is 0. The molecule has 4 nitrogen and oxygen atoms in total. The zero-order valence-corrected chi connectivity index (χ0v) is 9.21. The van der Waals surface area contributed by atoms with E-state index < -0.39 is 0 Å². The summed E-state index contributed by atoms with van der Waals surface area (Å²) >= 11 is 3.29. The largest absolute Gasteiger partial charge is 0.335 e. The molecule has 0 bridgehead atoms. The van der Waals surface area contributed by atoms with Gasteiger partial charge in [-0.25, -0.2) is 0 Å². The third kappa shape index (κ3) is 2.69. The molecule has 0 N–H and O–H groups in total. The molecule has 0 unspecified atom stereocenters. The average Bonchev–Trinajstić information content (AvgIpc) is 2.09. The van der Waals surface area contributed by atoms with Crippen molar-refractivity contribution in [2.24, 2.45) is 0 Å². The normalized spacial score (nSPS) is 18.3. The molecule has 1 saturated heterocycles. The molecule has 0 saturated carbocycles. The van der Waals surface area contributed by atoms with Gasteiger partial charge in [0, 0.05) is 18.9 Å². The van der Waals surface area contributed by atoms with Gasteiger partial charge in [-0.3, -0.25) is 9.59 Å². The molecule has 0 atom stereocenters. The van der Waals surface area contributed by atoms with Crippen LogP contribution in [0.4, 0.5) is 0 Å². The van der Waals surface area contributed by atoms with Crippen molar-refractivity contribution in [3.05, 3.63) is 0 Å². The predicted molar refractivity (Wildman–Crippen MR) is 52.6 cm³/mol. The first-order valence-corrected chi connectivity index (χ1v) is 5.35. The van der Waals surface area contributed by atoms with E-state index in [1.54, 1.807) is 11.9 Å². The van der Waals surface area contributed by atoms with Crippen molar-refractivity contribution in [3.63, 3.8) is 0 Å². The fraction of sp³-hybridized carbons (Fsp3) is 0.750. The highest BCUT2D eigenvalue weighted by Gasteiger charge is 2.26. The van der Waals surface area contributed by atoms with Gasteiger partial charge in [-0.1, -0.05) is 15.9 Å². The van der Waals surface area contributed by atoms with Crippen LogP contribution in [0.3, 0.4) is 0 Å². The van der Waals surface area contributed by atoms with Crippen molar-refractivity contribution in [2.75, 3.05) is 32.0 Å². The lowest BCUT2D eigenvalue weighted by Gasteiger charge is -2.31. The lowest BCUT2D eigenvalue weighted by Crippen LogP contribution is -2.52. The molecule has 1 rings (SSSR count). The molecule has 74 valence electrons. The van der Waals surface area contributed by atoms with Crippen LogP contribution in [0.15, 0.2) is 0 Å². The zero-order chi connectivity index (χ0) is 9.84. The first-order chi connectivity index (χ1) is 6.15. The van der Waals surface area contributed by atoms with Crippen molar-refractivity contribution < 1.29 is 9.59 Å². The van der Waals surface area contributed by atoms with Crippen molar-refractivity contribution in [3.8, 4) is 0 Å². The van der Waals surface area contributed by atoms with Gasteiger partial charge in [0.15, 0.2) is 0 Å². The minimum absolute atomic E-state index is 0.0224. The summed E-state index contributed by atoms with van der Waals surface area (Å²) in [7, 11) is 1.65. The van der Waals surface area contributed by atoms with Crippen molar-refractivity contribution >= 4 is 27.7 Å². The van der Waals surface area contributed by atoms with Gasteiger partial charge in [0.25, 0.3) is 0 Å². The molecule has 0 aliphatic carbocycles. The number of hydrogen-bond donors (Lipinski definition) is 0. The van der Waals surface area contributed by atoms with Crippen molar-refractivity contribution in [1.82, 2.24) is 9.80 Å². The maximum absolute atomic E-state index is 11.4. The van der Waals surface area contributed by atoms with Crippen molar-refractivity contribution in [1.29, 1.82) is 0 Å². The summed E-state index contributed by atoms with van der Waals surface area (Å²) in [6.45, 7) is 1.13. The quantitative estimate of drug-likeness (QED) is 0.664. The molecule has 0 aromatic heterocycles. The number of carbonyl (C=O) groups excluding carboxylic acids is 2. The van der Waals surface area contributed by atoms with Gasteiger partial charge in [-0.05, 0) is 6.42 Å². The van der Waals surface area contributed by atoms with Gasteiger partial charge >= 0.3 is 0 Å². The summed E-state index contributed by atoms with van der Waals surface area (Å²) in [4.78, 5) is 25.7. The summed E-state index contributed by atoms with van der Waals surface area (Å²) < 4.78 is 0. The number of halogens is 1. The molecule has 5 heteroatoms. The van der Waals surface area contributed by atoms with E-state index in [9.17, 15) is 9.59 Å². The molecular formula is C8H13BrN2O2. The molecule has 1 aliphatic heterocycles. The Morgan fingerprint density at radius 1 is 1.31 bits per heavy atom. The lowest BCUT2D eigenvalue weighted by molar-refractivity contribution is -0.148. The number of likely N-dealkylation sites (N-methyl/N-ethyl adjacent to an activating group) is 1. The van der Waals surface area contributed by atoms with Crippen LogP contribution in [0.2, 0.25) is 0 Å². The minimum atomic E-state index is 0.0224. The third-order valence-corrected chi connectivity index (χ3v) is 2.60. The number of alkyl halides is 1. The Morgan fingerprint density at radius 3 is 2.62 bits per heavy atom. The molecule has 1 aliphatic rings. The molecule has 2 amide bonds. The van der Waals surface area contributed by atoms with Crippen LogP contribution in [0.25, 0.3) is 0 Å². The molecule has 0 radical (unpaired) electrons. The van der Waals surface area contributed by atoms with Crippen LogP contribution in [-0.2, 0) is 9.59 Å². The highest BCUT2D eigenvalue weighted by molar-refractivity contribution is 9.09. The first-order valence-electron chi connectivity index (χ1n) is 4.23. The van der Waals surface area contributed by atoms with E-state index in [2.05, 4.69) is 15.9 Å². The Kier molecular flexibility index (Phi) is 3.71. The van der Waals surface area contributed by atoms with Crippen LogP contribution in [0, 0.1) is 0 Å². The first kappa shape index (κ1) is 10.5. The standard InChI is InChI=1S/C8H13BrN2O2/c1-10-5-8(13)11(4-2-3-9)6-7(10)12/h2-6H2,1H3. The van der Waals surface area contributed by atoms with E-state index in [1.807, 2.05) is 0 Å². The molecule has 0 spiro atoms. The molecule has 0 aromatic rings. The number of amides is 2. The highest BCUT2D eigenvalue weighted by Crippen LogP contribution is 2.03. The summed E-state index contributed by atoms with van der Waals surface area (Å²) in [6, 6.07) is 0. The van der Waals surface area contributed by atoms with Gasteiger partial charge in [0.1, 0.15) is 0 Å². The van der Waals surface area contributed by atoms with Crippen molar-refractivity contribution in [2.45, 2.75) is 6.42 Å². The van der Waals surface area contributed by atoms with E-state index in [4.69, 9.17) is 0 Å². The molecular weight excluding hydrogens is 236 g/mol. The van der Waals surface area contributed by atoms with E-state index in [-0.39, 0.29) is 24.9 Å². The molecule has 0 aromatic carbocycles. The van der Waals surface area contributed by atoms with E-state index in [1.165, 1.54) is 4.90 Å². The predicted octanol–water partition coefficient (Wildman–Crippen LogP) is 0.0720. The number of piperazine rings is 1. The monoisotopic (exact) mass is 248 g/mol. The molecule has 1 fully saturated rings. The van der Waals surface area contributed by atoms with Crippen LogP contribution in [-0.4, -0.2) is 53.6 Å². The molecule has 1 heterocycles. The third-order valence-electron chi connectivity index (χ3n) is 2.04. The van der Waals surface area contributed by atoms with Gasteiger partial charge in [0.2, 0.25) is 11.8 Å². The van der Waals surface area contributed by atoms with Crippen LogP contribution in [0.1, 0.15) is 6.42 Å². The van der Waals surface area contributed by atoms with Gasteiger partial charge in [-0.15, -0.1) is 0 Å². The second kappa shape index (κ2) is 4.60. The molecule has 13 heavy (non-hydrogen) atoms. The fourth-order valence-corrected chi connectivity index (χ4v) is 1.47. The SMILES string of the molecule is CN1CC(=O)N(CCCBr)CC1=O. The van der Waals surface area contributed by atoms with E-state index >= 15 is 0 Å². The number of nitrogens with zero attached hydrogens (tertiary/aromatic N) is 2. The maximum Gasteiger partial charge on any atom is 0.242 e. The lowest BCUT2D eigenvalue weighted by atomic mass is 10.3. The highest BCUT2D eigenvalue weighted by atomic mass is 79.9. The Labute approximate surface area is 86.0 Å².